The van der Waals surface area contributed by atoms with Gasteiger partial charge in [0.2, 0.25) is 5.91 Å². The number of nitrogens with two attached hydrogens (primary N) is 1. The number of halogens is 2. The molecule has 0 heterocycles. The number of anilines is 1. The second-order valence-electron chi connectivity index (χ2n) is 5.42. The van der Waals surface area contributed by atoms with Gasteiger partial charge in [-0.1, -0.05) is 34.8 Å². The normalized spacial score (nSPS) is 21.9. The van der Waals surface area contributed by atoms with Crippen LogP contribution in [0.25, 0.3) is 0 Å². The van der Waals surface area contributed by atoms with E-state index < -0.39 is 0 Å². The molecule has 1 amide bonds. The maximum atomic E-state index is 12.1. The van der Waals surface area contributed by atoms with Crippen LogP contribution in [0.15, 0.2) is 22.7 Å². The number of carbonyl (C=O) groups excluding carboxylic acids is 1. The van der Waals surface area contributed by atoms with E-state index >= 15 is 0 Å². The third-order valence-electron chi connectivity index (χ3n) is 3.89. The SMILES string of the molecule is Cc1ccc(Br)cc1NC(=O)CC1CCCCC1N.Cl. The van der Waals surface area contributed by atoms with Crippen LogP contribution in [0, 0.1) is 12.8 Å². The Hall–Kier alpha value is -0.580. The molecule has 0 bridgehead atoms. The summed E-state index contributed by atoms with van der Waals surface area (Å²) in [5.74, 6) is 0.407. The van der Waals surface area contributed by atoms with Crippen LogP contribution in [0.3, 0.4) is 0 Å². The summed E-state index contributed by atoms with van der Waals surface area (Å²) >= 11 is 3.42. The Labute approximate surface area is 135 Å². The van der Waals surface area contributed by atoms with Crippen molar-refractivity contribution in [3.05, 3.63) is 28.2 Å². The fraction of sp³-hybridized carbons (Fsp3) is 0.533. The zero-order chi connectivity index (χ0) is 13.8. The smallest absolute Gasteiger partial charge is 0.224 e. The van der Waals surface area contributed by atoms with Gasteiger partial charge in [0.1, 0.15) is 0 Å². The molecule has 1 fully saturated rings. The summed E-state index contributed by atoms with van der Waals surface area (Å²) in [5.41, 5.74) is 8.04. The molecule has 1 aromatic rings. The van der Waals surface area contributed by atoms with E-state index in [4.69, 9.17) is 5.73 Å². The highest BCUT2D eigenvalue weighted by Crippen LogP contribution is 2.27. The van der Waals surface area contributed by atoms with Crippen molar-refractivity contribution in [3.63, 3.8) is 0 Å². The van der Waals surface area contributed by atoms with Gasteiger partial charge in [0.05, 0.1) is 0 Å². The Bertz CT molecular complexity index is 467. The molecule has 112 valence electrons. The van der Waals surface area contributed by atoms with Crippen molar-refractivity contribution in [2.75, 3.05) is 5.32 Å². The Morgan fingerprint density at radius 3 is 2.80 bits per heavy atom. The van der Waals surface area contributed by atoms with Crippen LogP contribution in [0.4, 0.5) is 5.69 Å². The molecule has 3 N–H and O–H groups in total. The van der Waals surface area contributed by atoms with Crippen LogP contribution < -0.4 is 11.1 Å². The number of nitrogens with one attached hydrogen (secondary N) is 1. The molecule has 0 radical (unpaired) electrons. The standard InChI is InChI=1S/C15H21BrN2O.ClH/c1-10-6-7-12(16)9-14(10)18-15(19)8-11-4-2-3-5-13(11)17;/h6-7,9,11,13H,2-5,8,17H2,1H3,(H,18,19);1H. The molecule has 1 aliphatic rings. The van der Waals surface area contributed by atoms with Gasteiger partial charge in [-0.3, -0.25) is 4.79 Å². The lowest BCUT2D eigenvalue weighted by molar-refractivity contribution is -0.117. The second kappa shape index (κ2) is 8.01. The Morgan fingerprint density at radius 2 is 2.10 bits per heavy atom. The fourth-order valence-electron chi connectivity index (χ4n) is 2.66. The third kappa shape index (κ3) is 4.76. The summed E-state index contributed by atoms with van der Waals surface area (Å²) in [4.78, 5) is 12.1. The molecule has 2 atom stereocenters. The van der Waals surface area contributed by atoms with Crippen molar-refractivity contribution in [2.24, 2.45) is 11.7 Å². The lowest BCUT2D eigenvalue weighted by Crippen LogP contribution is -2.35. The van der Waals surface area contributed by atoms with E-state index in [2.05, 4.69) is 21.2 Å². The van der Waals surface area contributed by atoms with Crippen molar-refractivity contribution in [2.45, 2.75) is 45.1 Å². The van der Waals surface area contributed by atoms with E-state index in [9.17, 15) is 4.79 Å². The summed E-state index contributed by atoms with van der Waals surface area (Å²) in [6.07, 6.45) is 5.05. The molecule has 0 spiro atoms. The van der Waals surface area contributed by atoms with E-state index in [0.717, 1.165) is 28.6 Å². The van der Waals surface area contributed by atoms with E-state index in [1.54, 1.807) is 0 Å². The van der Waals surface area contributed by atoms with Crippen molar-refractivity contribution < 1.29 is 4.79 Å². The number of amides is 1. The first-order chi connectivity index (χ1) is 9.06. The highest BCUT2D eigenvalue weighted by molar-refractivity contribution is 9.10. The lowest BCUT2D eigenvalue weighted by atomic mass is 9.83. The molecule has 2 unspecified atom stereocenters. The number of hydrogen-bond donors (Lipinski definition) is 2. The summed E-state index contributed by atoms with van der Waals surface area (Å²) in [6, 6.07) is 6.09. The van der Waals surface area contributed by atoms with Gasteiger partial charge in [0.15, 0.2) is 0 Å². The number of hydrogen-bond acceptors (Lipinski definition) is 2. The van der Waals surface area contributed by atoms with Crippen LogP contribution in [0.5, 0.6) is 0 Å². The van der Waals surface area contributed by atoms with E-state index in [-0.39, 0.29) is 24.4 Å². The zero-order valence-corrected chi connectivity index (χ0v) is 14.1. The first-order valence-corrected chi connectivity index (χ1v) is 7.67. The van der Waals surface area contributed by atoms with Gasteiger partial charge in [0.25, 0.3) is 0 Å². The maximum absolute atomic E-state index is 12.1. The van der Waals surface area contributed by atoms with Crippen LogP contribution >= 0.6 is 28.3 Å². The number of rotatable bonds is 3. The largest absolute Gasteiger partial charge is 0.327 e. The van der Waals surface area contributed by atoms with Gasteiger partial charge in [-0.2, -0.15) is 0 Å². The molecular weight excluding hydrogens is 340 g/mol. The highest BCUT2D eigenvalue weighted by Gasteiger charge is 2.24. The minimum absolute atomic E-state index is 0. The molecule has 20 heavy (non-hydrogen) atoms. The molecule has 0 aromatic heterocycles. The summed E-state index contributed by atoms with van der Waals surface area (Å²) in [7, 11) is 0. The molecule has 0 aliphatic heterocycles. The monoisotopic (exact) mass is 360 g/mol. The van der Waals surface area contributed by atoms with Crippen molar-refractivity contribution in [1.29, 1.82) is 0 Å². The number of benzene rings is 1. The molecule has 1 saturated carbocycles. The van der Waals surface area contributed by atoms with Crippen molar-refractivity contribution in [3.8, 4) is 0 Å². The second-order valence-corrected chi connectivity index (χ2v) is 6.34. The molecule has 3 nitrogen and oxygen atoms in total. The third-order valence-corrected chi connectivity index (χ3v) is 4.38. The van der Waals surface area contributed by atoms with Crippen molar-refractivity contribution in [1.82, 2.24) is 0 Å². The topological polar surface area (TPSA) is 55.1 Å². The van der Waals surface area contributed by atoms with E-state index in [1.807, 2.05) is 25.1 Å². The van der Waals surface area contributed by atoms with Crippen LogP contribution in [0.1, 0.15) is 37.7 Å². The minimum atomic E-state index is 0. The van der Waals surface area contributed by atoms with Gasteiger partial charge in [-0.15, -0.1) is 12.4 Å². The van der Waals surface area contributed by atoms with Gasteiger partial charge in [-0.05, 0) is 43.4 Å². The number of aryl methyl sites for hydroxylation is 1. The molecule has 0 saturated heterocycles. The average Bonchev–Trinajstić information content (AvgIpc) is 2.37. The predicted molar refractivity (Wildman–Crippen MR) is 89.3 cm³/mol. The van der Waals surface area contributed by atoms with Gasteiger partial charge >= 0.3 is 0 Å². The fourth-order valence-corrected chi connectivity index (χ4v) is 3.02. The summed E-state index contributed by atoms with van der Waals surface area (Å²) in [5, 5.41) is 2.99. The molecule has 5 heteroatoms. The Kier molecular flexibility index (Phi) is 7.00. The van der Waals surface area contributed by atoms with E-state index in [1.165, 1.54) is 12.8 Å². The number of carbonyl (C=O) groups is 1. The molecular formula is C15H22BrClN2O. The maximum Gasteiger partial charge on any atom is 0.224 e. The highest BCUT2D eigenvalue weighted by atomic mass is 79.9. The predicted octanol–water partition coefficient (Wildman–Crippen LogP) is 4.03. The molecule has 2 rings (SSSR count). The summed E-state index contributed by atoms with van der Waals surface area (Å²) < 4.78 is 0.975. The average molecular weight is 362 g/mol. The lowest BCUT2D eigenvalue weighted by Gasteiger charge is -2.28. The Morgan fingerprint density at radius 1 is 1.40 bits per heavy atom. The first-order valence-electron chi connectivity index (χ1n) is 6.88. The Balaban J connectivity index is 0.00000200. The summed E-state index contributed by atoms with van der Waals surface area (Å²) in [6.45, 7) is 1.99. The van der Waals surface area contributed by atoms with E-state index in [0.29, 0.717) is 12.3 Å². The quantitative estimate of drug-likeness (QED) is 0.854. The van der Waals surface area contributed by atoms with Gasteiger partial charge in [-0.25, -0.2) is 0 Å². The van der Waals surface area contributed by atoms with Crippen molar-refractivity contribution >= 4 is 39.9 Å². The van der Waals surface area contributed by atoms with Crippen LogP contribution in [-0.2, 0) is 4.79 Å². The minimum Gasteiger partial charge on any atom is -0.327 e. The van der Waals surface area contributed by atoms with Crippen LogP contribution in [-0.4, -0.2) is 11.9 Å². The zero-order valence-electron chi connectivity index (χ0n) is 11.7. The first kappa shape index (κ1) is 17.5. The molecule has 1 aromatic carbocycles. The molecule has 1 aliphatic carbocycles. The van der Waals surface area contributed by atoms with Gasteiger partial charge in [0, 0.05) is 22.6 Å². The van der Waals surface area contributed by atoms with Crippen LogP contribution in [0.2, 0.25) is 0 Å². The van der Waals surface area contributed by atoms with Gasteiger partial charge < -0.3 is 11.1 Å².